The topological polar surface area (TPSA) is 91.9 Å². The number of benzene rings is 1. The van der Waals surface area contributed by atoms with Gasteiger partial charge in [0.2, 0.25) is 0 Å². The highest BCUT2D eigenvalue weighted by Crippen LogP contribution is 2.14. The molecule has 0 aliphatic carbocycles. The lowest BCUT2D eigenvalue weighted by molar-refractivity contribution is -0.134. The molecule has 2 N–H and O–H groups in total. The molecule has 0 unspecified atom stereocenters. The number of carboxylic acid groups (broad SMARTS) is 2. The van der Waals surface area contributed by atoms with Crippen LogP contribution in [0.4, 0.5) is 0 Å². The van der Waals surface area contributed by atoms with Gasteiger partial charge in [0.15, 0.2) is 0 Å². The van der Waals surface area contributed by atoms with E-state index in [0.29, 0.717) is 12.2 Å². The van der Waals surface area contributed by atoms with Gasteiger partial charge in [0, 0.05) is 29.9 Å². The number of hydrogen-bond acceptors (Lipinski definition) is 3. The Morgan fingerprint density at radius 1 is 1.00 bits per heavy atom. The van der Waals surface area contributed by atoms with Crippen LogP contribution >= 0.6 is 0 Å². The summed E-state index contributed by atoms with van der Waals surface area (Å²) in [7, 11) is 0. The second kappa shape index (κ2) is 6.33. The van der Waals surface area contributed by atoms with Crippen molar-refractivity contribution in [1.82, 2.24) is 9.38 Å². The number of carbonyl (C=O) groups is 2. The Morgan fingerprint density at radius 2 is 1.67 bits per heavy atom. The monoisotopic (exact) mass is 284 g/mol. The molecule has 0 aliphatic rings. The number of aromatic nitrogens is 2. The van der Waals surface area contributed by atoms with E-state index in [1.807, 2.05) is 36.7 Å². The van der Waals surface area contributed by atoms with Crippen LogP contribution in [0.15, 0.2) is 60.9 Å². The molecule has 6 heteroatoms. The molecule has 2 aromatic heterocycles. The fourth-order valence-electron chi connectivity index (χ4n) is 1.78. The van der Waals surface area contributed by atoms with E-state index in [0.717, 1.165) is 5.65 Å². The van der Waals surface area contributed by atoms with Crippen LogP contribution in [-0.4, -0.2) is 31.5 Å². The van der Waals surface area contributed by atoms with Crippen LogP contribution in [0.5, 0.6) is 0 Å². The smallest absolute Gasteiger partial charge is 0.328 e. The number of nitrogens with zero attached hydrogens (tertiary/aromatic N) is 2. The van der Waals surface area contributed by atoms with E-state index in [1.165, 1.54) is 10.9 Å². The fourth-order valence-corrected chi connectivity index (χ4v) is 1.78. The normalized spacial score (nSPS) is 10.5. The van der Waals surface area contributed by atoms with Crippen LogP contribution in [0, 0.1) is 0 Å². The fraction of sp³-hybridized carbons (Fsp3) is 0. The molecule has 2 heterocycles. The van der Waals surface area contributed by atoms with Crippen LogP contribution < -0.4 is 0 Å². The van der Waals surface area contributed by atoms with Crippen molar-refractivity contribution in [3.8, 4) is 0 Å². The van der Waals surface area contributed by atoms with Crippen LogP contribution in [-0.2, 0) is 9.59 Å². The van der Waals surface area contributed by atoms with E-state index >= 15 is 0 Å². The van der Waals surface area contributed by atoms with E-state index in [1.54, 1.807) is 0 Å². The average molecular weight is 284 g/mol. The maximum Gasteiger partial charge on any atom is 0.328 e. The molecule has 0 atom stereocenters. The number of fused-ring (bicyclic) bond motifs is 3. The Kier molecular flexibility index (Phi) is 4.30. The van der Waals surface area contributed by atoms with Crippen molar-refractivity contribution in [1.29, 1.82) is 0 Å². The predicted molar refractivity (Wildman–Crippen MR) is 77.1 cm³/mol. The zero-order valence-corrected chi connectivity index (χ0v) is 10.9. The van der Waals surface area contributed by atoms with Gasteiger partial charge in [-0.15, -0.1) is 0 Å². The molecule has 3 aromatic rings. The molecule has 0 saturated carbocycles. The second-order valence-electron chi connectivity index (χ2n) is 4.06. The van der Waals surface area contributed by atoms with Crippen molar-refractivity contribution in [3.05, 3.63) is 60.9 Å². The van der Waals surface area contributed by atoms with Crippen molar-refractivity contribution in [3.63, 3.8) is 0 Å². The molecule has 0 amide bonds. The molecular weight excluding hydrogens is 272 g/mol. The van der Waals surface area contributed by atoms with E-state index in [4.69, 9.17) is 10.2 Å². The summed E-state index contributed by atoms with van der Waals surface area (Å²) in [5.41, 5.74) is 2.20. The van der Waals surface area contributed by atoms with Gasteiger partial charge in [0.25, 0.3) is 0 Å². The zero-order chi connectivity index (χ0) is 15.2. The van der Waals surface area contributed by atoms with Gasteiger partial charge in [-0.3, -0.25) is 0 Å². The molecule has 6 nitrogen and oxygen atoms in total. The van der Waals surface area contributed by atoms with Crippen molar-refractivity contribution in [2.24, 2.45) is 0 Å². The minimum Gasteiger partial charge on any atom is -0.478 e. The highest BCUT2D eigenvalue weighted by atomic mass is 16.4. The quantitative estimate of drug-likeness (QED) is 0.704. The Balaban J connectivity index is 0.000000177. The summed E-state index contributed by atoms with van der Waals surface area (Å²) in [5, 5.41) is 16.8. The highest BCUT2D eigenvalue weighted by Gasteiger charge is 1.97. The van der Waals surface area contributed by atoms with Crippen LogP contribution in [0.25, 0.3) is 16.6 Å². The summed E-state index contributed by atoms with van der Waals surface area (Å²) in [4.78, 5) is 23.4. The Hall–Kier alpha value is -3.15. The molecule has 0 saturated heterocycles. The summed E-state index contributed by atoms with van der Waals surface area (Å²) < 4.78 is 2.09. The number of para-hydroxylation sites is 1. The SMILES string of the molecule is O=C(O)/C=C/C(=O)O.c1ccc2c(c1)cnc1cccn12. The first-order valence-electron chi connectivity index (χ1n) is 6.02. The van der Waals surface area contributed by atoms with E-state index in [9.17, 15) is 9.59 Å². The van der Waals surface area contributed by atoms with Gasteiger partial charge >= 0.3 is 11.9 Å². The standard InChI is InChI=1S/C11H8N2.C4H4O4/c1-2-5-10-9(4-1)8-12-11-6-3-7-13(10)11;5-3(6)1-2-4(7)8/h1-8H;1-2H,(H,5,6)(H,7,8)/b;2-1+. The van der Waals surface area contributed by atoms with Gasteiger partial charge in [-0.05, 0) is 18.2 Å². The number of aliphatic carboxylic acids is 2. The maximum atomic E-state index is 9.55. The van der Waals surface area contributed by atoms with Crippen molar-refractivity contribution in [2.75, 3.05) is 0 Å². The lowest BCUT2D eigenvalue weighted by atomic mass is 10.2. The van der Waals surface area contributed by atoms with Crippen LogP contribution in [0.3, 0.4) is 0 Å². The van der Waals surface area contributed by atoms with Gasteiger partial charge in [0.1, 0.15) is 5.65 Å². The first kappa shape index (κ1) is 14.3. The van der Waals surface area contributed by atoms with Crippen molar-refractivity contribution < 1.29 is 19.8 Å². The molecule has 0 bridgehead atoms. The Bertz CT molecular complexity index is 805. The first-order valence-corrected chi connectivity index (χ1v) is 6.02. The van der Waals surface area contributed by atoms with Crippen LogP contribution in [0.2, 0.25) is 0 Å². The molecule has 21 heavy (non-hydrogen) atoms. The highest BCUT2D eigenvalue weighted by molar-refractivity contribution is 5.89. The van der Waals surface area contributed by atoms with Gasteiger partial charge in [-0.25, -0.2) is 14.6 Å². The van der Waals surface area contributed by atoms with Gasteiger partial charge in [-0.1, -0.05) is 18.2 Å². The summed E-state index contributed by atoms with van der Waals surface area (Å²) >= 11 is 0. The van der Waals surface area contributed by atoms with Crippen LogP contribution in [0.1, 0.15) is 0 Å². The molecule has 106 valence electrons. The molecule has 0 aliphatic heterocycles. The third-order valence-corrected chi connectivity index (χ3v) is 2.63. The average Bonchev–Trinajstić information content (AvgIpc) is 2.95. The molecule has 0 radical (unpaired) electrons. The van der Waals surface area contributed by atoms with Crippen molar-refractivity contribution >= 4 is 28.5 Å². The summed E-state index contributed by atoms with van der Waals surface area (Å²) in [5.74, 6) is -2.51. The van der Waals surface area contributed by atoms with E-state index in [-0.39, 0.29) is 0 Å². The van der Waals surface area contributed by atoms with Gasteiger partial charge in [0.05, 0.1) is 5.52 Å². The molecule has 0 spiro atoms. The van der Waals surface area contributed by atoms with Gasteiger partial charge < -0.3 is 14.6 Å². The molecule has 0 fully saturated rings. The number of rotatable bonds is 2. The summed E-state index contributed by atoms with van der Waals surface area (Å²) in [6, 6.07) is 12.3. The lowest BCUT2D eigenvalue weighted by Gasteiger charge is -2.00. The first-order chi connectivity index (χ1) is 10.1. The largest absolute Gasteiger partial charge is 0.478 e. The molecular formula is C15H12N2O4. The molecule has 3 rings (SSSR count). The third kappa shape index (κ3) is 3.66. The minimum absolute atomic E-state index is 0.558. The number of carboxylic acids is 2. The predicted octanol–water partition coefficient (Wildman–Crippen LogP) is 2.20. The van der Waals surface area contributed by atoms with Gasteiger partial charge in [-0.2, -0.15) is 0 Å². The maximum absolute atomic E-state index is 9.55. The zero-order valence-electron chi connectivity index (χ0n) is 10.9. The Morgan fingerprint density at radius 3 is 2.33 bits per heavy atom. The van der Waals surface area contributed by atoms with E-state index < -0.39 is 11.9 Å². The Labute approximate surface area is 119 Å². The minimum atomic E-state index is -1.26. The van der Waals surface area contributed by atoms with Crippen molar-refractivity contribution in [2.45, 2.75) is 0 Å². The summed E-state index contributed by atoms with van der Waals surface area (Å²) in [6.45, 7) is 0. The molecule has 1 aromatic carbocycles. The lowest BCUT2D eigenvalue weighted by Crippen LogP contribution is -1.91. The third-order valence-electron chi connectivity index (χ3n) is 2.63. The second-order valence-corrected chi connectivity index (χ2v) is 4.06. The summed E-state index contributed by atoms with van der Waals surface area (Å²) in [6.07, 6.45) is 5.06. The number of hydrogen-bond donors (Lipinski definition) is 2. The van der Waals surface area contributed by atoms with E-state index in [2.05, 4.69) is 21.5 Å².